The summed E-state index contributed by atoms with van der Waals surface area (Å²) >= 11 is 5.72. The van der Waals surface area contributed by atoms with Crippen molar-refractivity contribution in [2.45, 2.75) is 13.0 Å². The normalized spacial score (nSPS) is 10.3. The molecule has 2 aromatic heterocycles. The zero-order valence-corrected chi connectivity index (χ0v) is 10.5. The van der Waals surface area contributed by atoms with E-state index in [1.54, 1.807) is 24.4 Å². The van der Waals surface area contributed by atoms with Gasteiger partial charge in [0.2, 0.25) is 0 Å². The standard InChI is InChI=1S/C12H13ClN4O/c13-11-5-1-4-10(16-11)12(18)14-6-2-8-17-9-3-7-15-17/h1,3-5,7,9H,2,6,8H2,(H,14,18). The van der Waals surface area contributed by atoms with E-state index in [-0.39, 0.29) is 5.91 Å². The summed E-state index contributed by atoms with van der Waals surface area (Å²) in [7, 11) is 0. The Morgan fingerprint density at radius 2 is 2.28 bits per heavy atom. The molecule has 2 rings (SSSR count). The molecule has 0 aliphatic carbocycles. The highest BCUT2D eigenvalue weighted by Gasteiger charge is 2.06. The minimum atomic E-state index is -0.210. The van der Waals surface area contributed by atoms with Gasteiger partial charge in [0, 0.05) is 25.5 Å². The Morgan fingerprint density at radius 3 is 3.00 bits per heavy atom. The molecule has 0 aromatic carbocycles. The third kappa shape index (κ3) is 3.56. The van der Waals surface area contributed by atoms with Crippen LogP contribution in [0.3, 0.4) is 0 Å². The van der Waals surface area contributed by atoms with Crippen LogP contribution in [0.2, 0.25) is 5.15 Å². The van der Waals surface area contributed by atoms with E-state index in [9.17, 15) is 4.79 Å². The number of hydrogen-bond acceptors (Lipinski definition) is 3. The Hall–Kier alpha value is -1.88. The predicted octanol–water partition coefficient (Wildman–Crippen LogP) is 1.75. The summed E-state index contributed by atoms with van der Waals surface area (Å²) in [5.41, 5.74) is 0.335. The van der Waals surface area contributed by atoms with E-state index in [0.29, 0.717) is 17.4 Å². The number of pyridine rings is 1. The lowest BCUT2D eigenvalue weighted by Crippen LogP contribution is -2.26. The molecule has 1 N–H and O–H groups in total. The van der Waals surface area contributed by atoms with Crippen LogP contribution in [-0.2, 0) is 6.54 Å². The molecule has 0 fully saturated rings. The maximum absolute atomic E-state index is 11.7. The number of carbonyl (C=O) groups is 1. The number of nitrogens with one attached hydrogen (secondary N) is 1. The molecule has 6 heteroatoms. The Kier molecular flexibility index (Phi) is 4.30. The first-order chi connectivity index (χ1) is 8.75. The van der Waals surface area contributed by atoms with Crippen molar-refractivity contribution < 1.29 is 4.79 Å². The molecule has 0 saturated heterocycles. The average molecular weight is 265 g/mol. The second-order valence-corrected chi connectivity index (χ2v) is 4.11. The lowest BCUT2D eigenvalue weighted by Gasteiger charge is -2.05. The van der Waals surface area contributed by atoms with Gasteiger partial charge in [-0.3, -0.25) is 9.48 Å². The van der Waals surface area contributed by atoms with Crippen LogP contribution < -0.4 is 5.32 Å². The van der Waals surface area contributed by atoms with Crippen LogP contribution in [0.5, 0.6) is 0 Å². The molecule has 18 heavy (non-hydrogen) atoms. The Bertz CT molecular complexity index is 513. The van der Waals surface area contributed by atoms with Crippen molar-refractivity contribution in [3.05, 3.63) is 47.5 Å². The quantitative estimate of drug-likeness (QED) is 0.661. The van der Waals surface area contributed by atoms with Gasteiger partial charge in [0.15, 0.2) is 0 Å². The van der Waals surface area contributed by atoms with Crippen molar-refractivity contribution in [3.8, 4) is 0 Å². The molecule has 0 radical (unpaired) electrons. The van der Waals surface area contributed by atoms with Crippen molar-refractivity contribution in [1.82, 2.24) is 20.1 Å². The maximum atomic E-state index is 11.7. The second kappa shape index (κ2) is 6.16. The lowest BCUT2D eigenvalue weighted by atomic mass is 10.3. The summed E-state index contributed by atoms with van der Waals surface area (Å²) in [6, 6.07) is 6.84. The van der Waals surface area contributed by atoms with Crippen molar-refractivity contribution >= 4 is 17.5 Å². The molecule has 0 spiro atoms. The summed E-state index contributed by atoms with van der Waals surface area (Å²) in [5, 5.41) is 7.18. The van der Waals surface area contributed by atoms with Crippen molar-refractivity contribution in [2.24, 2.45) is 0 Å². The van der Waals surface area contributed by atoms with E-state index in [1.165, 1.54) is 0 Å². The summed E-state index contributed by atoms with van der Waals surface area (Å²) in [5.74, 6) is -0.210. The first-order valence-electron chi connectivity index (χ1n) is 5.64. The van der Waals surface area contributed by atoms with Gasteiger partial charge in [0.1, 0.15) is 10.8 Å². The summed E-state index contributed by atoms with van der Waals surface area (Å²) in [4.78, 5) is 15.6. The number of amides is 1. The monoisotopic (exact) mass is 264 g/mol. The summed E-state index contributed by atoms with van der Waals surface area (Å²) in [6.45, 7) is 1.35. The number of nitrogens with zero attached hydrogens (tertiary/aromatic N) is 3. The van der Waals surface area contributed by atoms with E-state index in [2.05, 4.69) is 15.4 Å². The largest absolute Gasteiger partial charge is 0.351 e. The van der Waals surface area contributed by atoms with Gasteiger partial charge in [0.25, 0.3) is 5.91 Å². The number of rotatable bonds is 5. The van der Waals surface area contributed by atoms with Gasteiger partial charge >= 0.3 is 0 Å². The highest BCUT2D eigenvalue weighted by Crippen LogP contribution is 2.04. The fourth-order valence-corrected chi connectivity index (χ4v) is 1.66. The predicted molar refractivity (Wildman–Crippen MR) is 68.4 cm³/mol. The van der Waals surface area contributed by atoms with Gasteiger partial charge in [-0.1, -0.05) is 17.7 Å². The van der Waals surface area contributed by atoms with E-state index in [0.717, 1.165) is 13.0 Å². The van der Waals surface area contributed by atoms with Gasteiger partial charge < -0.3 is 5.32 Å². The Labute approximate surface area is 110 Å². The van der Waals surface area contributed by atoms with Crippen molar-refractivity contribution in [3.63, 3.8) is 0 Å². The average Bonchev–Trinajstić information content (AvgIpc) is 2.87. The number of hydrogen-bond donors (Lipinski definition) is 1. The van der Waals surface area contributed by atoms with E-state index >= 15 is 0 Å². The second-order valence-electron chi connectivity index (χ2n) is 3.72. The highest BCUT2D eigenvalue weighted by molar-refractivity contribution is 6.29. The molecule has 1 amide bonds. The van der Waals surface area contributed by atoms with Crippen LogP contribution in [0.4, 0.5) is 0 Å². The number of aromatic nitrogens is 3. The van der Waals surface area contributed by atoms with E-state index in [1.807, 2.05) is 16.9 Å². The molecular formula is C12H13ClN4O. The van der Waals surface area contributed by atoms with E-state index < -0.39 is 0 Å². The first kappa shape index (κ1) is 12.6. The summed E-state index contributed by atoms with van der Waals surface area (Å²) < 4.78 is 1.82. The van der Waals surface area contributed by atoms with Crippen LogP contribution >= 0.6 is 11.6 Å². The SMILES string of the molecule is O=C(NCCCn1cccn1)c1cccc(Cl)n1. The van der Waals surface area contributed by atoms with Crippen LogP contribution in [0.25, 0.3) is 0 Å². The third-order valence-corrected chi connectivity index (χ3v) is 2.57. The Morgan fingerprint density at radius 1 is 1.39 bits per heavy atom. The molecular weight excluding hydrogens is 252 g/mol. The van der Waals surface area contributed by atoms with Gasteiger partial charge in [-0.05, 0) is 24.6 Å². The molecule has 0 atom stereocenters. The smallest absolute Gasteiger partial charge is 0.269 e. The minimum Gasteiger partial charge on any atom is -0.351 e. The third-order valence-electron chi connectivity index (χ3n) is 2.36. The maximum Gasteiger partial charge on any atom is 0.269 e. The molecule has 0 aliphatic heterocycles. The van der Waals surface area contributed by atoms with Crippen molar-refractivity contribution in [2.75, 3.05) is 6.54 Å². The zero-order valence-electron chi connectivity index (χ0n) is 9.71. The van der Waals surface area contributed by atoms with Crippen LogP contribution in [0.1, 0.15) is 16.9 Å². The van der Waals surface area contributed by atoms with Gasteiger partial charge in [-0.2, -0.15) is 5.10 Å². The van der Waals surface area contributed by atoms with Crippen LogP contribution in [-0.4, -0.2) is 27.2 Å². The molecule has 94 valence electrons. The molecule has 0 unspecified atom stereocenters. The molecule has 0 bridgehead atoms. The molecule has 2 heterocycles. The fourth-order valence-electron chi connectivity index (χ4n) is 1.50. The fraction of sp³-hybridized carbons (Fsp3) is 0.250. The van der Waals surface area contributed by atoms with Gasteiger partial charge in [-0.25, -0.2) is 4.98 Å². The molecule has 0 aliphatic rings. The first-order valence-corrected chi connectivity index (χ1v) is 6.02. The zero-order chi connectivity index (χ0) is 12.8. The molecule has 2 aromatic rings. The number of halogens is 1. The highest BCUT2D eigenvalue weighted by atomic mass is 35.5. The Balaban J connectivity index is 1.75. The van der Waals surface area contributed by atoms with Gasteiger partial charge in [-0.15, -0.1) is 0 Å². The minimum absolute atomic E-state index is 0.210. The van der Waals surface area contributed by atoms with Gasteiger partial charge in [0.05, 0.1) is 0 Å². The number of carbonyl (C=O) groups excluding carboxylic acids is 1. The molecule has 5 nitrogen and oxygen atoms in total. The molecule has 0 saturated carbocycles. The van der Waals surface area contributed by atoms with Crippen molar-refractivity contribution in [1.29, 1.82) is 0 Å². The van der Waals surface area contributed by atoms with E-state index in [4.69, 9.17) is 11.6 Å². The van der Waals surface area contributed by atoms with Crippen LogP contribution in [0.15, 0.2) is 36.7 Å². The lowest BCUT2D eigenvalue weighted by molar-refractivity contribution is 0.0947. The number of aryl methyl sites for hydroxylation is 1. The summed E-state index contributed by atoms with van der Waals surface area (Å²) in [6.07, 6.45) is 4.43. The van der Waals surface area contributed by atoms with Crippen LogP contribution in [0, 0.1) is 0 Å². The topological polar surface area (TPSA) is 59.8 Å².